The van der Waals surface area contributed by atoms with Crippen LogP contribution in [0.2, 0.25) is 0 Å². The summed E-state index contributed by atoms with van der Waals surface area (Å²) >= 11 is 0. The Morgan fingerprint density at radius 3 is 3.00 bits per heavy atom. The summed E-state index contributed by atoms with van der Waals surface area (Å²) < 4.78 is 2.24. The first-order valence-corrected chi connectivity index (χ1v) is 6.47. The molecule has 0 spiro atoms. The van der Waals surface area contributed by atoms with Crippen molar-refractivity contribution in [2.24, 2.45) is 0 Å². The summed E-state index contributed by atoms with van der Waals surface area (Å²) in [6.07, 6.45) is 4.59. The molecule has 1 aliphatic heterocycles. The Kier molecular flexibility index (Phi) is 2.63. The van der Waals surface area contributed by atoms with Gasteiger partial charge in [0.15, 0.2) is 0 Å². The van der Waals surface area contributed by atoms with Crippen LogP contribution in [0.3, 0.4) is 0 Å². The molecule has 90 valence electrons. The molecule has 17 heavy (non-hydrogen) atoms. The molecule has 1 N–H and O–H groups in total. The van der Waals surface area contributed by atoms with Crippen LogP contribution in [-0.4, -0.2) is 15.9 Å². The topological polar surface area (TPSA) is 29.3 Å². The zero-order valence-electron chi connectivity index (χ0n) is 10.5. The molecule has 0 saturated carbocycles. The first-order chi connectivity index (χ1) is 8.27. The molecule has 1 atom stereocenters. The van der Waals surface area contributed by atoms with E-state index in [0.29, 0.717) is 12.0 Å². The molecule has 1 fully saturated rings. The van der Waals surface area contributed by atoms with Crippen molar-refractivity contribution in [3.8, 4) is 0 Å². The van der Waals surface area contributed by atoms with Crippen LogP contribution in [0.25, 0.3) is 5.65 Å². The van der Waals surface area contributed by atoms with Crippen molar-refractivity contribution < 1.29 is 0 Å². The van der Waals surface area contributed by atoms with Crippen molar-refractivity contribution in [3.63, 3.8) is 0 Å². The summed E-state index contributed by atoms with van der Waals surface area (Å²) in [7, 11) is 0. The molecule has 0 aliphatic carbocycles. The highest BCUT2D eigenvalue weighted by Gasteiger charge is 2.24. The number of nitrogens with one attached hydrogen (secondary N) is 1. The zero-order valence-corrected chi connectivity index (χ0v) is 10.5. The third kappa shape index (κ3) is 1.75. The Morgan fingerprint density at radius 2 is 2.29 bits per heavy atom. The summed E-state index contributed by atoms with van der Waals surface area (Å²) in [6.45, 7) is 5.61. The van der Waals surface area contributed by atoms with Gasteiger partial charge in [-0.05, 0) is 37.4 Å². The highest BCUT2D eigenvalue weighted by molar-refractivity contribution is 5.45. The second-order valence-corrected chi connectivity index (χ2v) is 5.11. The Balaban J connectivity index is 2.18. The Hall–Kier alpha value is -1.35. The summed E-state index contributed by atoms with van der Waals surface area (Å²) in [5, 5.41) is 3.55. The summed E-state index contributed by atoms with van der Waals surface area (Å²) in [5.41, 5.74) is 3.68. The molecule has 1 saturated heterocycles. The molecule has 0 bridgehead atoms. The SMILES string of the molecule is CC(C)c1c(C2CCCN2)nc2ccccn12. The van der Waals surface area contributed by atoms with E-state index in [0.717, 1.165) is 12.2 Å². The van der Waals surface area contributed by atoms with Gasteiger partial charge in [-0.15, -0.1) is 0 Å². The second kappa shape index (κ2) is 4.15. The van der Waals surface area contributed by atoms with E-state index in [2.05, 4.69) is 48.0 Å². The minimum Gasteiger partial charge on any atom is -0.309 e. The highest BCUT2D eigenvalue weighted by atomic mass is 15.1. The zero-order chi connectivity index (χ0) is 11.8. The van der Waals surface area contributed by atoms with Gasteiger partial charge in [-0.1, -0.05) is 19.9 Å². The number of fused-ring (bicyclic) bond motifs is 1. The molecule has 3 heterocycles. The van der Waals surface area contributed by atoms with E-state index in [-0.39, 0.29) is 0 Å². The maximum absolute atomic E-state index is 4.82. The number of imidazole rings is 1. The summed E-state index contributed by atoms with van der Waals surface area (Å²) in [5.74, 6) is 0.504. The van der Waals surface area contributed by atoms with Crippen molar-refractivity contribution in [2.75, 3.05) is 6.54 Å². The van der Waals surface area contributed by atoms with Gasteiger partial charge in [-0.2, -0.15) is 0 Å². The van der Waals surface area contributed by atoms with Gasteiger partial charge in [-0.25, -0.2) is 4.98 Å². The van der Waals surface area contributed by atoms with E-state index in [1.165, 1.54) is 24.2 Å². The minimum absolute atomic E-state index is 0.451. The van der Waals surface area contributed by atoms with Gasteiger partial charge >= 0.3 is 0 Å². The first-order valence-electron chi connectivity index (χ1n) is 6.47. The fraction of sp³-hybridized carbons (Fsp3) is 0.500. The predicted octanol–water partition coefficient (Wildman–Crippen LogP) is 2.88. The standard InChI is InChI=1S/C14H19N3/c1-10(2)14-13(11-6-5-8-15-11)16-12-7-3-4-9-17(12)14/h3-4,7,9-11,15H,5-6,8H2,1-2H3. The van der Waals surface area contributed by atoms with Crippen LogP contribution < -0.4 is 5.32 Å². The van der Waals surface area contributed by atoms with E-state index in [1.54, 1.807) is 0 Å². The van der Waals surface area contributed by atoms with Crippen LogP contribution in [0.4, 0.5) is 0 Å². The Labute approximate surface area is 102 Å². The average Bonchev–Trinajstić information content (AvgIpc) is 2.95. The molecule has 1 aliphatic rings. The molecule has 3 nitrogen and oxygen atoms in total. The number of nitrogens with zero attached hydrogens (tertiary/aromatic N) is 2. The van der Waals surface area contributed by atoms with Gasteiger partial charge < -0.3 is 9.72 Å². The van der Waals surface area contributed by atoms with Crippen LogP contribution in [0.1, 0.15) is 50.0 Å². The third-order valence-electron chi connectivity index (χ3n) is 3.53. The van der Waals surface area contributed by atoms with Gasteiger partial charge in [0.1, 0.15) is 5.65 Å². The molecule has 0 radical (unpaired) electrons. The number of hydrogen-bond donors (Lipinski definition) is 1. The lowest BCUT2D eigenvalue weighted by Crippen LogP contribution is -2.15. The van der Waals surface area contributed by atoms with Gasteiger partial charge in [0.2, 0.25) is 0 Å². The maximum atomic E-state index is 4.82. The Bertz CT molecular complexity index is 521. The van der Waals surface area contributed by atoms with E-state index >= 15 is 0 Å². The molecule has 0 aromatic carbocycles. The molecular weight excluding hydrogens is 210 g/mol. The summed E-state index contributed by atoms with van der Waals surface area (Å²) in [4.78, 5) is 4.82. The lowest BCUT2D eigenvalue weighted by atomic mass is 10.0. The van der Waals surface area contributed by atoms with Crippen molar-refractivity contribution in [3.05, 3.63) is 35.8 Å². The van der Waals surface area contributed by atoms with Crippen molar-refractivity contribution in [1.82, 2.24) is 14.7 Å². The van der Waals surface area contributed by atoms with Gasteiger partial charge in [0.05, 0.1) is 11.7 Å². The smallest absolute Gasteiger partial charge is 0.137 e. The molecule has 3 rings (SSSR count). The lowest BCUT2D eigenvalue weighted by molar-refractivity contribution is 0.614. The highest BCUT2D eigenvalue weighted by Crippen LogP contribution is 2.30. The van der Waals surface area contributed by atoms with Gasteiger partial charge in [-0.3, -0.25) is 0 Å². The van der Waals surface area contributed by atoms with Crippen LogP contribution >= 0.6 is 0 Å². The third-order valence-corrected chi connectivity index (χ3v) is 3.53. The molecule has 3 heteroatoms. The fourth-order valence-electron chi connectivity index (χ4n) is 2.78. The Morgan fingerprint density at radius 1 is 1.41 bits per heavy atom. The molecule has 0 amide bonds. The van der Waals surface area contributed by atoms with Crippen LogP contribution in [0, 0.1) is 0 Å². The van der Waals surface area contributed by atoms with Gasteiger partial charge in [0.25, 0.3) is 0 Å². The molecule has 1 unspecified atom stereocenters. The van der Waals surface area contributed by atoms with Gasteiger partial charge in [0, 0.05) is 11.9 Å². The summed E-state index contributed by atoms with van der Waals surface area (Å²) in [6, 6.07) is 6.67. The van der Waals surface area contributed by atoms with Crippen molar-refractivity contribution in [2.45, 2.75) is 38.6 Å². The van der Waals surface area contributed by atoms with E-state index in [1.807, 2.05) is 0 Å². The first kappa shape index (κ1) is 10.8. The maximum Gasteiger partial charge on any atom is 0.137 e. The van der Waals surface area contributed by atoms with E-state index in [9.17, 15) is 0 Å². The average molecular weight is 229 g/mol. The van der Waals surface area contributed by atoms with Crippen molar-refractivity contribution in [1.29, 1.82) is 0 Å². The molecular formula is C14H19N3. The molecule has 2 aromatic rings. The second-order valence-electron chi connectivity index (χ2n) is 5.11. The predicted molar refractivity (Wildman–Crippen MR) is 69.3 cm³/mol. The van der Waals surface area contributed by atoms with Crippen molar-refractivity contribution >= 4 is 5.65 Å². The number of pyridine rings is 1. The monoisotopic (exact) mass is 229 g/mol. The van der Waals surface area contributed by atoms with Crippen LogP contribution in [-0.2, 0) is 0 Å². The van der Waals surface area contributed by atoms with Crippen LogP contribution in [0.5, 0.6) is 0 Å². The number of rotatable bonds is 2. The molecule has 2 aromatic heterocycles. The largest absolute Gasteiger partial charge is 0.309 e. The quantitative estimate of drug-likeness (QED) is 0.858. The minimum atomic E-state index is 0.451. The van der Waals surface area contributed by atoms with E-state index in [4.69, 9.17) is 4.98 Å². The fourth-order valence-corrected chi connectivity index (χ4v) is 2.78. The lowest BCUT2D eigenvalue weighted by Gasteiger charge is -2.13. The van der Waals surface area contributed by atoms with Crippen LogP contribution in [0.15, 0.2) is 24.4 Å². The number of hydrogen-bond acceptors (Lipinski definition) is 2. The normalized spacial score (nSPS) is 20.5. The number of aromatic nitrogens is 2. The van der Waals surface area contributed by atoms with E-state index < -0.39 is 0 Å².